The van der Waals surface area contributed by atoms with Crippen molar-refractivity contribution >= 4 is 17.2 Å². The first kappa shape index (κ1) is 11.5. The maximum absolute atomic E-state index is 5.67. The van der Waals surface area contributed by atoms with Crippen LogP contribution in [0, 0.1) is 5.92 Å². The summed E-state index contributed by atoms with van der Waals surface area (Å²) in [5.74, 6) is 0.445. The average Bonchev–Trinajstić information content (AvgIpc) is 2.65. The highest BCUT2D eigenvalue weighted by Gasteiger charge is 2.21. The number of aryl methyl sites for hydroxylation is 1. The van der Waals surface area contributed by atoms with Gasteiger partial charge < -0.3 is 5.73 Å². The van der Waals surface area contributed by atoms with Crippen molar-refractivity contribution < 1.29 is 0 Å². The minimum absolute atomic E-state index is 0.445. The lowest BCUT2D eigenvalue weighted by Crippen LogP contribution is -2.37. The number of aromatic nitrogens is 2. The van der Waals surface area contributed by atoms with E-state index < -0.39 is 0 Å². The molecule has 1 aromatic rings. The fraction of sp³-hybridized carbons (Fsp3) is 0.636. The quantitative estimate of drug-likeness (QED) is 0.795. The van der Waals surface area contributed by atoms with E-state index in [1.54, 1.807) is 0 Å². The molecule has 0 aromatic carbocycles. The molecule has 16 heavy (non-hydrogen) atoms. The Morgan fingerprint density at radius 3 is 2.75 bits per heavy atom. The topological polar surface area (TPSA) is 47.1 Å². The van der Waals surface area contributed by atoms with E-state index in [1.807, 2.05) is 17.9 Å². The van der Waals surface area contributed by atoms with E-state index in [9.17, 15) is 0 Å². The standard InChI is InChI=1S/C11H18N4S/c1-14-7-9(6-13-14)8-15-4-2-10(3-5-15)11(12)16/h6-7,10H,2-5,8H2,1H3,(H2,12,16). The smallest absolute Gasteiger partial charge is 0.0759 e. The fourth-order valence-electron chi connectivity index (χ4n) is 2.19. The Bertz CT molecular complexity index is 366. The van der Waals surface area contributed by atoms with Gasteiger partial charge in [-0.05, 0) is 25.9 Å². The molecule has 0 radical (unpaired) electrons. The molecule has 1 aliphatic rings. The Balaban J connectivity index is 1.83. The van der Waals surface area contributed by atoms with Crippen LogP contribution in [0.3, 0.4) is 0 Å². The van der Waals surface area contributed by atoms with Gasteiger partial charge in [-0.15, -0.1) is 0 Å². The van der Waals surface area contributed by atoms with Gasteiger partial charge in [-0.25, -0.2) is 0 Å². The lowest BCUT2D eigenvalue weighted by molar-refractivity contribution is 0.202. The summed E-state index contributed by atoms with van der Waals surface area (Å²) in [7, 11) is 1.95. The molecular weight excluding hydrogens is 220 g/mol. The van der Waals surface area contributed by atoms with E-state index in [2.05, 4.69) is 16.2 Å². The van der Waals surface area contributed by atoms with E-state index in [1.165, 1.54) is 5.56 Å². The zero-order valence-electron chi connectivity index (χ0n) is 9.59. The molecule has 5 heteroatoms. The number of nitrogens with two attached hydrogens (primary N) is 1. The third-order valence-corrected chi connectivity index (χ3v) is 3.49. The van der Waals surface area contributed by atoms with E-state index in [-0.39, 0.29) is 0 Å². The van der Waals surface area contributed by atoms with Crippen molar-refractivity contribution in [1.29, 1.82) is 0 Å². The summed E-state index contributed by atoms with van der Waals surface area (Å²) in [6.45, 7) is 3.14. The van der Waals surface area contributed by atoms with Crippen LogP contribution in [0.5, 0.6) is 0 Å². The monoisotopic (exact) mass is 238 g/mol. The van der Waals surface area contributed by atoms with Crippen LogP contribution in [-0.2, 0) is 13.6 Å². The van der Waals surface area contributed by atoms with E-state index in [4.69, 9.17) is 18.0 Å². The molecule has 1 fully saturated rings. The second kappa shape index (κ2) is 4.93. The summed E-state index contributed by atoms with van der Waals surface area (Å²) >= 11 is 5.03. The van der Waals surface area contributed by atoms with Crippen molar-refractivity contribution in [3.05, 3.63) is 18.0 Å². The second-order valence-electron chi connectivity index (χ2n) is 4.48. The predicted molar refractivity (Wildman–Crippen MR) is 68.0 cm³/mol. The van der Waals surface area contributed by atoms with Crippen LogP contribution in [0.15, 0.2) is 12.4 Å². The maximum atomic E-state index is 5.67. The molecule has 2 heterocycles. The van der Waals surface area contributed by atoms with Gasteiger partial charge in [-0.2, -0.15) is 5.10 Å². The van der Waals surface area contributed by atoms with E-state index >= 15 is 0 Å². The minimum Gasteiger partial charge on any atom is -0.393 e. The highest BCUT2D eigenvalue weighted by Crippen LogP contribution is 2.18. The molecule has 2 N–H and O–H groups in total. The predicted octanol–water partition coefficient (Wildman–Crippen LogP) is 0.918. The second-order valence-corrected chi connectivity index (χ2v) is 4.95. The third kappa shape index (κ3) is 2.80. The summed E-state index contributed by atoms with van der Waals surface area (Å²) in [6.07, 6.45) is 6.19. The van der Waals surface area contributed by atoms with Crippen molar-refractivity contribution in [1.82, 2.24) is 14.7 Å². The first-order valence-electron chi connectivity index (χ1n) is 5.64. The number of piperidine rings is 1. The number of hydrogen-bond acceptors (Lipinski definition) is 3. The molecule has 0 saturated carbocycles. The van der Waals surface area contributed by atoms with Crippen LogP contribution < -0.4 is 5.73 Å². The minimum atomic E-state index is 0.445. The number of hydrogen-bond donors (Lipinski definition) is 1. The molecule has 0 bridgehead atoms. The molecule has 1 aliphatic heterocycles. The van der Waals surface area contributed by atoms with Gasteiger partial charge in [0.25, 0.3) is 0 Å². The summed E-state index contributed by atoms with van der Waals surface area (Å²) in [5.41, 5.74) is 6.94. The van der Waals surface area contributed by atoms with Crippen LogP contribution in [0.25, 0.3) is 0 Å². The van der Waals surface area contributed by atoms with Gasteiger partial charge in [-0.1, -0.05) is 12.2 Å². The number of thiocarbonyl (C=S) groups is 1. The van der Waals surface area contributed by atoms with Crippen molar-refractivity contribution in [3.8, 4) is 0 Å². The van der Waals surface area contributed by atoms with Crippen molar-refractivity contribution in [2.24, 2.45) is 18.7 Å². The zero-order chi connectivity index (χ0) is 11.5. The van der Waals surface area contributed by atoms with Gasteiger partial charge in [-0.3, -0.25) is 9.58 Å². The average molecular weight is 238 g/mol. The molecule has 4 nitrogen and oxygen atoms in total. The normalized spacial score (nSPS) is 18.8. The van der Waals surface area contributed by atoms with Crippen molar-refractivity contribution in [2.45, 2.75) is 19.4 Å². The highest BCUT2D eigenvalue weighted by molar-refractivity contribution is 7.80. The van der Waals surface area contributed by atoms with Gasteiger partial charge in [0.2, 0.25) is 0 Å². The van der Waals surface area contributed by atoms with Crippen LogP contribution >= 0.6 is 12.2 Å². The zero-order valence-corrected chi connectivity index (χ0v) is 10.4. The molecular formula is C11H18N4S. The fourth-order valence-corrected chi connectivity index (χ4v) is 2.42. The van der Waals surface area contributed by atoms with Gasteiger partial charge in [0.05, 0.1) is 11.2 Å². The van der Waals surface area contributed by atoms with E-state index in [0.29, 0.717) is 10.9 Å². The largest absolute Gasteiger partial charge is 0.393 e. The Labute approximate surface area is 101 Å². The Morgan fingerprint density at radius 2 is 2.25 bits per heavy atom. The first-order chi connectivity index (χ1) is 7.65. The van der Waals surface area contributed by atoms with Gasteiger partial charge >= 0.3 is 0 Å². The van der Waals surface area contributed by atoms with Crippen molar-refractivity contribution in [2.75, 3.05) is 13.1 Å². The molecule has 0 aliphatic carbocycles. The molecule has 0 amide bonds. The first-order valence-corrected chi connectivity index (χ1v) is 6.05. The highest BCUT2D eigenvalue weighted by atomic mass is 32.1. The van der Waals surface area contributed by atoms with Gasteiger partial charge in [0.1, 0.15) is 0 Å². The molecule has 0 unspecified atom stereocenters. The lowest BCUT2D eigenvalue weighted by Gasteiger charge is -2.30. The molecule has 88 valence electrons. The Hall–Kier alpha value is -0.940. The molecule has 0 spiro atoms. The Kier molecular flexibility index (Phi) is 3.56. The van der Waals surface area contributed by atoms with E-state index in [0.717, 1.165) is 32.5 Å². The third-order valence-electron chi connectivity index (χ3n) is 3.15. The molecule has 1 saturated heterocycles. The van der Waals surface area contributed by atoms with Crippen LogP contribution in [-0.4, -0.2) is 32.8 Å². The van der Waals surface area contributed by atoms with Crippen molar-refractivity contribution in [3.63, 3.8) is 0 Å². The maximum Gasteiger partial charge on any atom is 0.0759 e. The van der Waals surface area contributed by atoms with Gasteiger partial charge in [0.15, 0.2) is 0 Å². The molecule has 0 atom stereocenters. The number of nitrogens with zero attached hydrogens (tertiary/aromatic N) is 3. The molecule has 1 aromatic heterocycles. The number of rotatable bonds is 3. The molecule has 2 rings (SSSR count). The lowest BCUT2D eigenvalue weighted by atomic mass is 9.97. The summed E-state index contributed by atoms with van der Waals surface area (Å²) in [5, 5.41) is 4.17. The summed E-state index contributed by atoms with van der Waals surface area (Å²) in [6, 6.07) is 0. The van der Waals surface area contributed by atoms with Crippen LogP contribution in [0.2, 0.25) is 0 Å². The van der Waals surface area contributed by atoms with Crippen LogP contribution in [0.1, 0.15) is 18.4 Å². The van der Waals surface area contributed by atoms with Crippen LogP contribution in [0.4, 0.5) is 0 Å². The summed E-state index contributed by atoms with van der Waals surface area (Å²) in [4.78, 5) is 3.12. The van der Waals surface area contributed by atoms with Gasteiger partial charge in [0, 0.05) is 31.3 Å². The summed E-state index contributed by atoms with van der Waals surface area (Å²) < 4.78 is 1.84. The Morgan fingerprint density at radius 1 is 1.56 bits per heavy atom. The number of likely N-dealkylation sites (tertiary alicyclic amines) is 1. The SMILES string of the molecule is Cn1cc(CN2CCC(C(N)=S)CC2)cn1.